The Kier molecular flexibility index (Phi) is 10.4. The van der Waals surface area contributed by atoms with Crippen molar-refractivity contribution in [1.29, 1.82) is 0 Å². The van der Waals surface area contributed by atoms with Crippen LogP contribution in [0.25, 0.3) is 6.08 Å². The smallest absolute Gasteiger partial charge is 0.408 e. The van der Waals surface area contributed by atoms with E-state index in [1.54, 1.807) is 65.0 Å². The second-order valence-corrected chi connectivity index (χ2v) is 10.2. The quantitative estimate of drug-likeness (QED) is 0.431. The number of rotatable bonds is 10. The minimum Gasteiger partial charge on any atom is -0.444 e. The highest BCUT2D eigenvalue weighted by Gasteiger charge is 2.37. The Bertz CT molecular complexity index is 1110. The van der Waals surface area contributed by atoms with Gasteiger partial charge in [0.15, 0.2) is 0 Å². The average Bonchev–Trinajstić information content (AvgIpc) is 2.82. The van der Waals surface area contributed by atoms with Crippen molar-refractivity contribution in [2.75, 3.05) is 18.5 Å². The third-order valence-corrected chi connectivity index (χ3v) is 5.65. The zero-order valence-electron chi connectivity index (χ0n) is 22.6. The topological polar surface area (TPSA) is 108 Å². The maximum atomic E-state index is 13.9. The van der Waals surface area contributed by atoms with Gasteiger partial charge in [-0.05, 0) is 62.4 Å². The highest BCUT2D eigenvalue weighted by Crippen LogP contribution is 2.27. The largest absolute Gasteiger partial charge is 0.444 e. The number of benzene rings is 2. The Morgan fingerprint density at radius 2 is 1.78 bits per heavy atom. The second kappa shape index (κ2) is 13.1. The number of amides is 3. The van der Waals surface area contributed by atoms with Crippen LogP contribution in [0.15, 0.2) is 55.1 Å². The summed E-state index contributed by atoms with van der Waals surface area (Å²) in [6.07, 6.45) is 0.914. The molecule has 8 nitrogen and oxygen atoms in total. The van der Waals surface area contributed by atoms with Crippen LogP contribution in [0.3, 0.4) is 0 Å². The third kappa shape index (κ3) is 8.46. The molecule has 0 aliphatic rings. The van der Waals surface area contributed by atoms with E-state index < -0.39 is 35.6 Å². The van der Waals surface area contributed by atoms with E-state index in [1.165, 1.54) is 4.90 Å². The SMILES string of the molecule is C=Cc1cccc(C(C(=O)Nc2ccccc2C)N(CCO)C(=O)C(NC(=O)OC(C)(C)C)C(C)C)c1. The molecular formula is C29H39N3O5. The lowest BCUT2D eigenvalue weighted by atomic mass is 9.97. The number of hydrogen-bond donors (Lipinski definition) is 3. The van der Waals surface area contributed by atoms with Crippen LogP contribution in [-0.2, 0) is 14.3 Å². The van der Waals surface area contributed by atoms with Crippen molar-refractivity contribution in [3.8, 4) is 0 Å². The fraction of sp³-hybridized carbons (Fsp3) is 0.414. The Labute approximate surface area is 219 Å². The first-order valence-electron chi connectivity index (χ1n) is 12.4. The predicted molar refractivity (Wildman–Crippen MR) is 146 cm³/mol. The van der Waals surface area contributed by atoms with Gasteiger partial charge < -0.3 is 25.4 Å². The van der Waals surface area contributed by atoms with Crippen molar-refractivity contribution < 1.29 is 24.2 Å². The molecule has 0 aliphatic heterocycles. The van der Waals surface area contributed by atoms with Gasteiger partial charge in [0, 0.05) is 12.2 Å². The minimum absolute atomic E-state index is 0.123. The zero-order valence-corrected chi connectivity index (χ0v) is 22.6. The van der Waals surface area contributed by atoms with Gasteiger partial charge in [-0.1, -0.05) is 62.9 Å². The normalized spacial score (nSPS) is 12.9. The van der Waals surface area contributed by atoms with Crippen molar-refractivity contribution in [2.45, 2.75) is 59.2 Å². The number of nitrogens with zero attached hydrogens (tertiary/aromatic N) is 1. The van der Waals surface area contributed by atoms with Gasteiger partial charge in [-0.25, -0.2) is 4.79 Å². The average molecular weight is 510 g/mol. The molecule has 2 atom stereocenters. The monoisotopic (exact) mass is 509 g/mol. The predicted octanol–water partition coefficient (Wildman–Crippen LogP) is 4.69. The molecule has 0 bridgehead atoms. The van der Waals surface area contributed by atoms with Gasteiger partial charge in [0.25, 0.3) is 5.91 Å². The van der Waals surface area contributed by atoms with E-state index in [1.807, 2.05) is 31.2 Å². The number of hydrogen-bond acceptors (Lipinski definition) is 5. The molecule has 3 N–H and O–H groups in total. The first-order valence-corrected chi connectivity index (χ1v) is 12.4. The molecule has 0 radical (unpaired) electrons. The number of aliphatic hydroxyl groups excluding tert-OH is 1. The number of alkyl carbamates (subject to hydrolysis) is 1. The van der Waals surface area contributed by atoms with Crippen molar-refractivity contribution in [1.82, 2.24) is 10.2 Å². The summed E-state index contributed by atoms with van der Waals surface area (Å²) in [7, 11) is 0. The number of carbonyl (C=O) groups excluding carboxylic acids is 3. The first-order chi connectivity index (χ1) is 17.4. The van der Waals surface area contributed by atoms with E-state index >= 15 is 0 Å². The van der Waals surface area contributed by atoms with Crippen LogP contribution >= 0.6 is 0 Å². The van der Waals surface area contributed by atoms with Gasteiger partial charge in [0.05, 0.1) is 6.61 Å². The maximum absolute atomic E-state index is 13.9. The summed E-state index contributed by atoms with van der Waals surface area (Å²) in [5.74, 6) is -1.28. The van der Waals surface area contributed by atoms with Gasteiger partial charge in [0.1, 0.15) is 17.7 Å². The van der Waals surface area contributed by atoms with Crippen molar-refractivity contribution in [3.05, 3.63) is 71.8 Å². The number of aliphatic hydroxyl groups is 1. The lowest BCUT2D eigenvalue weighted by molar-refractivity contribution is -0.142. The summed E-state index contributed by atoms with van der Waals surface area (Å²) >= 11 is 0. The molecule has 0 heterocycles. The Balaban J connectivity index is 2.53. The molecule has 0 aliphatic carbocycles. The van der Waals surface area contributed by atoms with Gasteiger partial charge in [0.2, 0.25) is 5.91 Å². The number of para-hydroxylation sites is 1. The molecule has 2 rings (SSSR count). The van der Waals surface area contributed by atoms with Crippen LogP contribution in [0.2, 0.25) is 0 Å². The fourth-order valence-electron chi connectivity index (χ4n) is 3.84. The molecule has 37 heavy (non-hydrogen) atoms. The van der Waals surface area contributed by atoms with Crippen LogP contribution in [0.1, 0.15) is 57.4 Å². The van der Waals surface area contributed by atoms with Crippen LogP contribution in [0.4, 0.5) is 10.5 Å². The summed E-state index contributed by atoms with van der Waals surface area (Å²) in [6, 6.07) is 12.4. The van der Waals surface area contributed by atoms with Crippen LogP contribution < -0.4 is 10.6 Å². The molecule has 2 aromatic rings. The van der Waals surface area contributed by atoms with Gasteiger partial charge in [-0.15, -0.1) is 0 Å². The van der Waals surface area contributed by atoms with Gasteiger partial charge in [-0.3, -0.25) is 9.59 Å². The lowest BCUT2D eigenvalue weighted by Crippen LogP contribution is -2.55. The van der Waals surface area contributed by atoms with E-state index in [4.69, 9.17) is 4.74 Å². The number of aryl methyl sites for hydroxylation is 1. The highest BCUT2D eigenvalue weighted by atomic mass is 16.6. The summed E-state index contributed by atoms with van der Waals surface area (Å²) in [4.78, 5) is 41.5. The zero-order chi connectivity index (χ0) is 27.8. The molecule has 8 heteroatoms. The van der Waals surface area contributed by atoms with Crippen LogP contribution in [0.5, 0.6) is 0 Å². The molecular weight excluding hydrogens is 470 g/mol. The van der Waals surface area contributed by atoms with Crippen molar-refractivity contribution >= 4 is 29.7 Å². The van der Waals surface area contributed by atoms with Crippen molar-refractivity contribution in [2.24, 2.45) is 5.92 Å². The van der Waals surface area contributed by atoms with Crippen LogP contribution in [-0.4, -0.2) is 52.7 Å². The van der Waals surface area contributed by atoms with E-state index in [0.29, 0.717) is 11.3 Å². The summed E-state index contributed by atoms with van der Waals surface area (Å²) in [5, 5.41) is 15.5. The number of carbonyl (C=O) groups is 3. The second-order valence-electron chi connectivity index (χ2n) is 10.2. The molecule has 200 valence electrons. The van der Waals surface area contributed by atoms with Gasteiger partial charge in [-0.2, -0.15) is 0 Å². The standard InChI is InChI=1S/C29H39N3O5/c1-8-21-13-11-14-22(18-21)25(26(34)30-23-15-10-9-12-20(23)4)32(16-17-33)27(35)24(19(2)3)31-28(36)37-29(5,6)7/h8-15,18-19,24-25,33H,1,16-17H2,2-7H3,(H,30,34)(H,31,36). The lowest BCUT2D eigenvalue weighted by Gasteiger charge is -2.35. The van der Waals surface area contributed by atoms with E-state index in [-0.39, 0.29) is 19.1 Å². The molecule has 3 amide bonds. The molecule has 2 aromatic carbocycles. The number of ether oxygens (including phenoxy) is 1. The minimum atomic E-state index is -1.08. The highest BCUT2D eigenvalue weighted by molar-refractivity contribution is 5.99. The molecule has 0 spiro atoms. The third-order valence-electron chi connectivity index (χ3n) is 5.65. The first kappa shape index (κ1) is 29.6. The molecule has 2 unspecified atom stereocenters. The Morgan fingerprint density at radius 1 is 1.11 bits per heavy atom. The number of nitrogens with one attached hydrogen (secondary N) is 2. The van der Waals surface area contributed by atoms with Crippen molar-refractivity contribution in [3.63, 3.8) is 0 Å². The molecule has 0 fully saturated rings. The van der Waals surface area contributed by atoms with Gasteiger partial charge >= 0.3 is 6.09 Å². The van der Waals surface area contributed by atoms with E-state index in [9.17, 15) is 19.5 Å². The maximum Gasteiger partial charge on any atom is 0.408 e. The molecule has 0 aromatic heterocycles. The van der Waals surface area contributed by atoms with E-state index in [2.05, 4.69) is 17.2 Å². The number of anilines is 1. The summed E-state index contributed by atoms with van der Waals surface area (Å²) < 4.78 is 5.36. The summed E-state index contributed by atoms with van der Waals surface area (Å²) in [6.45, 7) is 14.0. The Morgan fingerprint density at radius 3 is 2.35 bits per heavy atom. The Hall–Kier alpha value is -3.65. The summed E-state index contributed by atoms with van der Waals surface area (Å²) in [5.41, 5.74) is 2.04. The fourth-order valence-corrected chi connectivity index (χ4v) is 3.84. The van der Waals surface area contributed by atoms with E-state index in [0.717, 1.165) is 11.1 Å². The molecule has 0 saturated carbocycles. The molecule has 0 saturated heterocycles. The van der Waals surface area contributed by atoms with Crippen LogP contribution in [0, 0.1) is 12.8 Å².